The number of benzene rings is 2. The van der Waals surface area contributed by atoms with E-state index in [1.54, 1.807) is 23.5 Å². The Morgan fingerprint density at radius 2 is 1.86 bits per heavy atom. The third kappa shape index (κ3) is 3.54. The Bertz CT molecular complexity index is 757. The highest BCUT2D eigenvalue weighted by Gasteiger charge is 2.09. The molecule has 3 rings (SSSR count). The zero-order chi connectivity index (χ0) is 14.7. The molecule has 0 saturated heterocycles. The summed E-state index contributed by atoms with van der Waals surface area (Å²) >= 11 is 6.61. The van der Waals surface area contributed by atoms with Crippen LogP contribution in [-0.4, -0.2) is 4.98 Å². The Morgan fingerprint density at radius 1 is 1.10 bits per heavy atom. The van der Waals surface area contributed by atoms with Gasteiger partial charge in [-0.3, -0.25) is 0 Å². The first-order valence-corrected chi connectivity index (χ1v) is 8.96. The molecule has 0 amide bonds. The molecular weight excluding hydrogens is 369 g/mol. The van der Waals surface area contributed by atoms with Crippen molar-refractivity contribution in [3.63, 3.8) is 0 Å². The molecule has 1 aromatic heterocycles. The molecule has 0 N–H and O–H groups in total. The van der Waals surface area contributed by atoms with E-state index in [2.05, 4.69) is 20.9 Å². The highest BCUT2D eigenvalue weighted by atomic mass is 79.9. The van der Waals surface area contributed by atoms with E-state index in [1.807, 2.05) is 35.7 Å². The molecule has 0 spiro atoms. The van der Waals surface area contributed by atoms with Crippen LogP contribution in [0.4, 0.5) is 4.39 Å². The van der Waals surface area contributed by atoms with Crippen LogP contribution in [0.3, 0.4) is 0 Å². The van der Waals surface area contributed by atoms with Gasteiger partial charge in [-0.15, -0.1) is 23.1 Å². The summed E-state index contributed by atoms with van der Waals surface area (Å²) in [6, 6.07) is 14.8. The SMILES string of the molecule is Fc1ccccc1SCc1nc(-c2ccccc2Br)cs1. The molecule has 0 saturated carbocycles. The number of thiazole rings is 1. The number of hydrogen-bond acceptors (Lipinski definition) is 3. The van der Waals surface area contributed by atoms with E-state index in [0.29, 0.717) is 10.6 Å². The van der Waals surface area contributed by atoms with Crippen molar-refractivity contribution in [2.75, 3.05) is 0 Å². The van der Waals surface area contributed by atoms with E-state index in [4.69, 9.17) is 0 Å². The minimum absolute atomic E-state index is 0.176. The first-order chi connectivity index (χ1) is 10.2. The lowest BCUT2D eigenvalue weighted by atomic mass is 10.2. The van der Waals surface area contributed by atoms with Gasteiger partial charge < -0.3 is 0 Å². The molecule has 0 radical (unpaired) electrons. The van der Waals surface area contributed by atoms with Crippen LogP contribution in [0.2, 0.25) is 0 Å². The second-order valence-corrected chi connectivity index (χ2v) is 7.14. The van der Waals surface area contributed by atoms with Gasteiger partial charge in [-0.1, -0.05) is 46.3 Å². The normalized spacial score (nSPS) is 10.8. The van der Waals surface area contributed by atoms with Crippen molar-refractivity contribution >= 4 is 39.0 Å². The van der Waals surface area contributed by atoms with Crippen LogP contribution in [0.1, 0.15) is 5.01 Å². The number of thioether (sulfide) groups is 1. The highest BCUT2D eigenvalue weighted by molar-refractivity contribution is 9.10. The van der Waals surface area contributed by atoms with E-state index in [9.17, 15) is 4.39 Å². The minimum atomic E-state index is -0.176. The molecule has 0 bridgehead atoms. The molecule has 5 heteroatoms. The Balaban J connectivity index is 1.74. The number of hydrogen-bond donors (Lipinski definition) is 0. The summed E-state index contributed by atoms with van der Waals surface area (Å²) < 4.78 is 14.6. The summed E-state index contributed by atoms with van der Waals surface area (Å²) in [5.41, 5.74) is 2.03. The summed E-state index contributed by atoms with van der Waals surface area (Å²) in [6.45, 7) is 0. The van der Waals surface area contributed by atoms with Gasteiger partial charge in [-0.2, -0.15) is 0 Å². The smallest absolute Gasteiger partial charge is 0.136 e. The van der Waals surface area contributed by atoms with Crippen LogP contribution in [0.5, 0.6) is 0 Å². The maximum Gasteiger partial charge on any atom is 0.136 e. The fourth-order valence-electron chi connectivity index (χ4n) is 1.87. The molecule has 1 heterocycles. The van der Waals surface area contributed by atoms with Crippen LogP contribution in [-0.2, 0) is 5.75 Å². The van der Waals surface area contributed by atoms with E-state index in [0.717, 1.165) is 20.7 Å². The third-order valence-corrected chi connectivity index (χ3v) is 5.67. The molecule has 21 heavy (non-hydrogen) atoms. The summed E-state index contributed by atoms with van der Waals surface area (Å²) in [7, 11) is 0. The van der Waals surface area contributed by atoms with Crippen LogP contribution >= 0.6 is 39.0 Å². The van der Waals surface area contributed by atoms with Gasteiger partial charge in [0.1, 0.15) is 10.8 Å². The number of aromatic nitrogens is 1. The molecule has 0 fully saturated rings. The molecule has 1 nitrogen and oxygen atoms in total. The monoisotopic (exact) mass is 379 g/mol. The minimum Gasteiger partial charge on any atom is -0.240 e. The molecule has 0 atom stereocenters. The van der Waals surface area contributed by atoms with Crippen LogP contribution in [0.15, 0.2) is 63.3 Å². The van der Waals surface area contributed by atoms with Gasteiger partial charge in [0.25, 0.3) is 0 Å². The van der Waals surface area contributed by atoms with Crippen molar-refractivity contribution < 1.29 is 4.39 Å². The summed E-state index contributed by atoms with van der Waals surface area (Å²) in [5, 5.41) is 3.03. The van der Waals surface area contributed by atoms with Gasteiger partial charge >= 0.3 is 0 Å². The Kier molecular flexibility index (Phi) is 4.73. The first-order valence-electron chi connectivity index (χ1n) is 6.30. The van der Waals surface area contributed by atoms with E-state index < -0.39 is 0 Å². The van der Waals surface area contributed by atoms with Crippen LogP contribution < -0.4 is 0 Å². The van der Waals surface area contributed by atoms with Crippen molar-refractivity contribution in [1.82, 2.24) is 4.98 Å². The quantitative estimate of drug-likeness (QED) is 0.515. The highest BCUT2D eigenvalue weighted by Crippen LogP contribution is 2.31. The zero-order valence-corrected chi connectivity index (χ0v) is 14.1. The molecule has 0 aliphatic heterocycles. The lowest BCUT2D eigenvalue weighted by molar-refractivity contribution is 0.602. The maximum absolute atomic E-state index is 13.6. The van der Waals surface area contributed by atoms with E-state index in [-0.39, 0.29) is 5.82 Å². The predicted molar refractivity (Wildman–Crippen MR) is 91.2 cm³/mol. The van der Waals surface area contributed by atoms with Gasteiger partial charge in [0.15, 0.2) is 0 Å². The van der Waals surface area contributed by atoms with E-state index >= 15 is 0 Å². The van der Waals surface area contributed by atoms with Gasteiger partial charge in [-0.05, 0) is 18.2 Å². The number of rotatable bonds is 4. The second-order valence-electron chi connectivity index (χ2n) is 4.33. The molecule has 0 aliphatic carbocycles. The zero-order valence-electron chi connectivity index (χ0n) is 10.9. The average Bonchev–Trinajstić information content (AvgIpc) is 2.96. The molecule has 106 valence electrons. The number of halogens is 2. The molecule has 0 aliphatic rings. The first kappa shape index (κ1) is 14.8. The lowest BCUT2D eigenvalue weighted by Crippen LogP contribution is -1.84. The van der Waals surface area contributed by atoms with Gasteiger partial charge in [0.2, 0.25) is 0 Å². The van der Waals surface area contributed by atoms with Crippen molar-refractivity contribution in [2.45, 2.75) is 10.6 Å². The van der Waals surface area contributed by atoms with Crippen molar-refractivity contribution in [2.24, 2.45) is 0 Å². The summed E-state index contributed by atoms with van der Waals surface area (Å²) in [4.78, 5) is 5.29. The van der Waals surface area contributed by atoms with Crippen LogP contribution in [0, 0.1) is 5.82 Å². The van der Waals surface area contributed by atoms with Gasteiger partial charge in [-0.25, -0.2) is 9.37 Å². The fourth-order valence-corrected chi connectivity index (χ4v) is 4.11. The molecule has 3 aromatic rings. The second kappa shape index (κ2) is 6.73. The lowest BCUT2D eigenvalue weighted by Gasteiger charge is -2.01. The van der Waals surface area contributed by atoms with Gasteiger partial charge in [0, 0.05) is 20.3 Å². The van der Waals surface area contributed by atoms with E-state index in [1.165, 1.54) is 17.8 Å². The average molecular weight is 380 g/mol. The van der Waals surface area contributed by atoms with Crippen molar-refractivity contribution in [3.8, 4) is 11.3 Å². The largest absolute Gasteiger partial charge is 0.240 e. The topological polar surface area (TPSA) is 12.9 Å². The number of nitrogens with zero attached hydrogens (tertiary/aromatic N) is 1. The molecule has 0 unspecified atom stereocenters. The predicted octanol–water partition coefficient (Wildman–Crippen LogP) is 6.00. The van der Waals surface area contributed by atoms with Crippen molar-refractivity contribution in [3.05, 3.63) is 69.2 Å². The third-order valence-electron chi connectivity index (χ3n) is 2.89. The summed E-state index contributed by atoms with van der Waals surface area (Å²) in [6.07, 6.45) is 0. The Morgan fingerprint density at radius 3 is 2.67 bits per heavy atom. The molecular formula is C16H11BrFNS2. The van der Waals surface area contributed by atoms with Gasteiger partial charge in [0.05, 0.1) is 11.4 Å². The molecule has 2 aromatic carbocycles. The van der Waals surface area contributed by atoms with Crippen molar-refractivity contribution in [1.29, 1.82) is 0 Å². The summed E-state index contributed by atoms with van der Waals surface area (Å²) in [5.74, 6) is 0.501. The standard InChI is InChI=1S/C16H11BrFNS2/c17-12-6-2-1-5-11(12)14-9-21-16(19-14)10-20-15-8-4-3-7-13(15)18/h1-9H,10H2. The van der Waals surface area contributed by atoms with Crippen LogP contribution in [0.25, 0.3) is 11.3 Å². The Hall–Kier alpha value is -1.17. The fraction of sp³-hybridized carbons (Fsp3) is 0.0625. The Labute approximate surface area is 139 Å². The maximum atomic E-state index is 13.6.